The molecule has 0 bridgehead atoms. The zero-order chi connectivity index (χ0) is 13.8. The molecule has 3 N–H and O–H groups in total. The van der Waals surface area contributed by atoms with Gasteiger partial charge in [-0.1, -0.05) is 31.9 Å². The van der Waals surface area contributed by atoms with Gasteiger partial charge < -0.3 is 10.5 Å². The maximum Gasteiger partial charge on any atom is 0.139 e. The smallest absolute Gasteiger partial charge is 0.139 e. The molecule has 1 saturated carbocycles. The van der Waals surface area contributed by atoms with Crippen LogP contribution in [0, 0.1) is 17.1 Å². The predicted octanol–water partition coefficient (Wildman–Crippen LogP) is 3.21. The molecule has 1 aliphatic carbocycles. The number of amidine groups is 1. The summed E-state index contributed by atoms with van der Waals surface area (Å²) in [6, 6.07) is 4.92. The second-order valence-corrected chi connectivity index (χ2v) is 5.40. The van der Waals surface area contributed by atoms with Crippen molar-refractivity contribution < 1.29 is 9.13 Å². The minimum Gasteiger partial charge on any atom is -0.384 e. The summed E-state index contributed by atoms with van der Waals surface area (Å²) in [6.07, 6.45) is 4.77. The van der Waals surface area contributed by atoms with Crippen molar-refractivity contribution >= 4 is 5.84 Å². The molecule has 2 rings (SSSR count). The Kier molecular flexibility index (Phi) is 4.53. The molecule has 0 aromatic heterocycles. The Balaban J connectivity index is 1.99. The first-order valence-corrected chi connectivity index (χ1v) is 6.81. The molecule has 0 heterocycles. The number of nitrogens with one attached hydrogen (secondary N) is 1. The van der Waals surface area contributed by atoms with Crippen LogP contribution in [-0.2, 0) is 11.3 Å². The molecule has 0 radical (unpaired) electrons. The highest BCUT2D eigenvalue weighted by Gasteiger charge is 2.20. The number of benzene rings is 1. The van der Waals surface area contributed by atoms with E-state index < -0.39 is 5.82 Å². The summed E-state index contributed by atoms with van der Waals surface area (Å²) < 4.78 is 19.9. The molecule has 4 heteroatoms. The Morgan fingerprint density at radius 1 is 1.47 bits per heavy atom. The van der Waals surface area contributed by atoms with Crippen molar-refractivity contribution in [2.24, 2.45) is 11.7 Å². The van der Waals surface area contributed by atoms with Gasteiger partial charge in [0, 0.05) is 5.56 Å². The van der Waals surface area contributed by atoms with Crippen molar-refractivity contribution in [1.82, 2.24) is 0 Å². The van der Waals surface area contributed by atoms with E-state index >= 15 is 0 Å². The zero-order valence-corrected chi connectivity index (χ0v) is 11.3. The SMILES string of the molecule is CC1CCCC(OCc2cccc(C(=N)N)c2F)C1. The van der Waals surface area contributed by atoms with Crippen LogP contribution in [0.15, 0.2) is 18.2 Å². The second-order valence-electron chi connectivity index (χ2n) is 5.40. The first kappa shape index (κ1) is 14.0. The standard InChI is InChI=1S/C15H21FN2O/c1-10-4-2-6-12(8-10)19-9-11-5-3-7-13(14(11)16)15(17)18/h3,5,7,10,12H,2,4,6,8-9H2,1H3,(H3,17,18). The van der Waals surface area contributed by atoms with Gasteiger partial charge in [0.1, 0.15) is 11.7 Å². The van der Waals surface area contributed by atoms with E-state index in [1.54, 1.807) is 12.1 Å². The average molecular weight is 264 g/mol. The zero-order valence-electron chi connectivity index (χ0n) is 11.3. The monoisotopic (exact) mass is 264 g/mol. The van der Waals surface area contributed by atoms with E-state index in [0.717, 1.165) is 12.8 Å². The quantitative estimate of drug-likeness (QED) is 0.648. The second kappa shape index (κ2) is 6.15. The maximum absolute atomic E-state index is 14.1. The normalized spacial score (nSPS) is 23.3. The van der Waals surface area contributed by atoms with Gasteiger partial charge in [-0.05, 0) is 24.8 Å². The largest absolute Gasteiger partial charge is 0.384 e. The van der Waals surface area contributed by atoms with Gasteiger partial charge in [-0.3, -0.25) is 5.41 Å². The molecule has 0 saturated heterocycles. The fourth-order valence-electron chi connectivity index (χ4n) is 2.64. The van der Waals surface area contributed by atoms with Crippen LogP contribution in [0.1, 0.15) is 43.7 Å². The highest BCUT2D eigenvalue weighted by atomic mass is 19.1. The molecule has 0 aliphatic heterocycles. The molecule has 1 fully saturated rings. The molecule has 1 aromatic rings. The van der Waals surface area contributed by atoms with Gasteiger partial charge in [-0.2, -0.15) is 0 Å². The van der Waals surface area contributed by atoms with Crippen LogP contribution < -0.4 is 5.73 Å². The summed E-state index contributed by atoms with van der Waals surface area (Å²) in [5, 5.41) is 7.32. The van der Waals surface area contributed by atoms with Crippen LogP contribution in [0.25, 0.3) is 0 Å². The van der Waals surface area contributed by atoms with Gasteiger partial charge >= 0.3 is 0 Å². The van der Waals surface area contributed by atoms with Crippen molar-refractivity contribution in [1.29, 1.82) is 5.41 Å². The number of halogens is 1. The van der Waals surface area contributed by atoms with Crippen LogP contribution in [0.2, 0.25) is 0 Å². The van der Waals surface area contributed by atoms with Crippen molar-refractivity contribution in [3.63, 3.8) is 0 Å². The lowest BCUT2D eigenvalue weighted by atomic mass is 9.89. The molecule has 1 aromatic carbocycles. The number of hydrogen-bond donors (Lipinski definition) is 2. The van der Waals surface area contributed by atoms with Crippen LogP contribution in [-0.4, -0.2) is 11.9 Å². The van der Waals surface area contributed by atoms with Gasteiger partial charge in [0.15, 0.2) is 0 Å². The van der Waals surface area contributed by atoms with Gasteiger partial charge in [-0.25, -0.2) is 4.39 Å². The van der Waals surface area contributed by atoms with E-state index in [0.29, 0.717) is 11.5 Å². The molecule has 19 heavy (non-hydrogen) atoms. The summed E-state index contributed by atoms with van der Waals surface area (Å²) in [5.41, 5.74) is 5.97. The molecule has 3 nitrogen and oxygen atoms in total. The van der Waals surface area contributed by atoms with E-state index in [9.17, 15) is 4.39 Å². The third-order valence-corrected chi connectivity index (χ3v) is 3.73. The van der Waals surface area contributed by atoms with Gasteiger partial charge in [0.2, 0.25) is 0 Å². The summed E-state index contributed by atoms with van der Waals surface area (Å²) in [4.78, 5) is 0. The van der Waals surface area contributed by atoms with E-state index in [-0.39, 0.29) is 24.1 Å². The van der Waals surface area contributed by atoms with Crippen molar-refractivity contribution in [2.75, 3.05) is 0 Å². The van der Waals surface area contributed by atoms with Crippen LogP contribution in [0.3, 0.4) is 0 Å². The van der Waals surface area contributed by atoms with Crippen molar-refractivity contribution in [3.05, 3.63) is 35.1 Å². The maximum atomic E-state index is 14.1. The Hall–Kier alpha value is -1.42. The summed E-state index contributed by atoms with van der Waals surface area (Å²) in [5.74, 6) is 0.0108. The Morgan fingerprint density at radius 2 is 2.26 bits per heavy atom. The van der Waals surface area contributed by atoms with Crippen molar-refractivity contribution in [2.45, 2.75) is 45.3 Å². The average Bonchev–Trinajstić information content (AvgIpc) is 2.37. The van der Waals surface area contributed by atoms with E-state index in [1.165, 1.54) is 18.9 Å². The topological polar surface area (TPSA) is 59.1 Å². The molecule has 1 aliphatic rings. The van der Waals surface area contributed by atoms with E-state index in [1.807, 2.05) is 0 Å². The fourth-order valence-corrected chi connectivity index (χ4v) is 2.64. The van der Waals surface area contributed by atoms with Crippen LogP contribution >= 0.6 is 0 Å². The molecular weight excluding hydrogens is 243 g/mol. The Bertz CT molecular complexity index is 461. The minimum absolute atomic E-state index is 0.151. The predicted molar refractivity (Wildman–Crippen MR) is 73.6 cm³/mol. The first-order valence-electron chi connectivity index (χ1n) is 6.81. The highest BCUT2D eigenvalue weighted by Crippen LogP contribution is 2.26. The lowest BCUT2D eigenvalue weighted by molar-refractivity contribution is 0.00352. The lowest BCUT2D eigenvalue weighted by Gasteiger charge is -2.26. The molecular formula is C15H21FN2O. The first-order chi connectivity index (χ1) is 9.08. The van der Waals surface area contributed by atoms with E-state index in [2.05, 4.69) is 6.92 Å². The third kappa shape index (κ3) is 3.53. The Labute approximate surface area is 113 Å². The molecule has 2 atom stereocenters. The minimum atomic E-state index is -0.432. The summed E-state index contributed by atoms with van der Waals surface area (Å²) in [6.45, 7) is 2.48. The number of nitrogens with two attached hydrogens (primary N) is 1. The number of nitrogen functional groups attached to an aromatic ring is 1. The van der Waals surface area contributed by atoms with Crippen molar-refractivity contribution in [3.8, 4) is 0 Å². The van der Waals surface area contributed by atoms with Gasteiger partial charge in [0.05, 0.1) is 18.3 Å². The number of ether oxygens (including phenoxy) is 1. The van der Waals surface area contributed by atoms with Gasteiger partial charge in [0.25, 0.3) is 0 Å². The van der Waals surface area contributed by atoms with Crippen LogP contribution in [0.4, 0.5) is 4.39 Å². The number of rotatable bonds is 4. The lowest BCUT2D eigenvalue weighted by Crippen LogP contribution is -2.22. The van der Waals surface area contributed by atoms with Crippen LogP contribution in [0.5, 0.6) is 0 Å². The third-order valence-electron chi connectivity index (χ3n) is 3.73. The fraction of sp³-hybridized carbons (Fsp3) is 0.533. The number of hydrogen-bond acceptors (Lipinski definition) is 2. The Morgan fingerprint density at radius 3 is 2.95 bits per heavy atom. The summed E-state index contributed by atoms with van der Waals surface area (Å²) >= 11 is 0. The molecule has 104 valence electrons. The molecule has 0 spiro atoms. The molecule has 0 amide bonds. The molecule has 2 unspecified atom stereocenters. The van der Waals surface area contributed by atoms with Gasteiger partial charge in [-0.15, -0.1) is 0 Å². The summed E-state index contributed by atoms with van der Waals surface area (Å²) in [7, 11) is 0. The highest BCUT2D eigenvalue weighted by molar-refractivity contribution is 5.95. The van der Waals surface area contributed by atoms with E-state index in [4.69, 9.17) is 15.9 Å².